The van der Waals surface area contributed by atoms with Gasteiger partial charge in [0.1, 0.15) is 0 Å². The van der Waals surface area contributed by atoms with Crippen molar-refractivity contribution in [1.82, 2.24) is 10.9 Å². The monoisotopic (exact) mass is 368 g/mol. The molecule has 0 aliphatic carbocycles. The van der Waals surface area contributed by atoms with Crippen LogP contribution in [0.15, 0.2) is 71.2 Å². The van der Waals surface area contributed by atoms with Gasteiger partial charge >= 0.3 is 0 Å². The van der Waals surface area contributed by atoms with Gasteiger partial charge in [-0.2, -0.15) is 0 Å². The molecule has 3 rings (SSSR count). The Labute approximate surface area is 141 Å². The van der Waals surface area contributed by atoms with Crippen molar-refractivity contribution in [2.75, 3.05) is 0 Å². The van der Waals surface area contributed by atoms with Crippen LogP contribution >= 0.6 is 15.9 Å². The van der Waals surface area contributed by atoms with Gasteiger partial charge in [0.15, 0.2) is 0 Å². The van der Waals surface area contributed by atoms with E-state index >= 15 is 0 Å². The standard InChI is InChI=1S/C18H13BrN2O2/c19-16-9-7-13(8-10-16)17(22)20-21-18(23)15-6-5-12-3-1-2-4-14(12)11-15/h1-11H,(H,20,22)(H,21,23). The van der Waals surface area contributed by atoms with E-state index < -0.39 is 0 Å². The minimum absolute atomic E-state index is 0.360. The summed E-state index contributed by atoms with van der Waals surface area (Å²) in [5, 5.41) is 2.03. The van der Waals surface area contributed by atoms with Crippen molar-refractivity contribution in [3.8, 4) is 0 Å². The first-order valence-corrected chi connectivity index (χ1v) is 7.78. The number of hydrazine groups is 1. The Kier molecular flexibility index (Phi) is 4.39. The lowest BCUT2D eigenvalue weighted by molar-refractivity contribution is 0.0847. The number of rotatable bonds is 2. The van der Waals surface area contributed by atoms with E-state index in [4.69, 9.17) is 0 Å². The molecule has 5 heteroatoms. The maximum absolute atomic E-state index is 12.1. The molecule has 3 aromatic rings. The van der Waals surface area contributed by atoms with E-state index in [1.54, 1.807) is 36.4 Å². The highest BCUT2D eigenvalue weighted by molar-refractivity contribution is 9.10. The number of halogens is 1. The number of carbonyl (C=O) groups excluding carboxylic acids is 2. The summed E-state index contributed by atoms with van der Waals surface area (Å²) in [7, 11) is 0. The van der Waals surface area contributed by atoms with E-state index in [2.05, 4.69) is 26.8 Å². The lowest BCUT2D eigenvalue weighted by Crippen LogP contribution is -2.41. The van der Waals surface area contributed by atoms with Crippen molar-refractivity contribution >= 4 is 38.5 Å². The molecule has 0 radical (unpaired) electrons. The van der Waals surface area contributed by atoms with Crippen molar-refractivity contribution in [2.24, 2.45) is 0 Å². The van der Waals surface area contributed by atoms with Crippen LogP contribution in [0.3, 0.4) is 0 Å². The zero-order valence-electron chi connectivity index (χ0n) is 12.0. The van der Waals surface area contributed by atoms with Crippen LogP contribution in [0.2, 0.25) is 0 Å². The van der Waals surface area contributed by atoms with Crippen LogP contribution in [0.4, 0.5) is 0 Å². The number of fused-ring (bicyclic) bond motifs is 1. The Bertz CT molecular complexity index is 876. The molecule has 23 heavy (non-hydrogen) atoms. The smallest absolute Gasteiger partial charge is 0.267 e. The number of amides is 2. The summed E-state index contributed by atoms with van der Waals surface area (Å²) < 4.78 is 0.884. The van der Waals surface area contributed by atoms with Crippen LogP contribution < -0.4 is 10.9 Å². The molecule has 0 atom stereocenters. The maximum Gasteiger partial charge on any atom is 0.269 e. The molecule has 0 aromatic heterocycles. The zero-order chi connectivity index (χ0) is 16.2. The number of hydrogen-bond donors (Lipinski definition) is 2. The fourth-order valence-electron chi connectivity index (χ4n) is 2.19. The molecule has 0 fully saturated rings. The summed E-state index contributed by atoms with van der Waals surface area (Å²) in [6.45, 7) is 0. The van der Waals surface area contributed by atoms with Gasteiger partial charge in [-0.05, 0) is 47.2 Å². The van der Waals surface area contributed by atoms with E-state index in [1.165, 1.54) is 0 Å². The molecule has 0 saturated heterocycles. The molecule has 2 amide bonds. The average molecular weight is 369 g/mol. The first-order chi connectivity index (χ1) is 11.1. The van der Waals surface area contributed by atoms with Crippen molar-refractivity contribution in [3.63, 3.8) is 0 Å². The van der Waals surface area contributed by atoms with Gasteiger partial charge in [0.2, 0.25) is 0 Å². The van der Waals surface area contributed by atoms with Crippen LogP contribution in [0.25, 0.3) is 10.8 Å². The summed E-state index contributed by atoms with van der Waals surface area (Å²) in [4.78, 5) is 24.1. The van der Waals surface area contributed by atoms with E-state index in [1.807, 2.05) is 30.3 Å². The van der Waals surface area contributed by atoms with E-state index in [-0.39, 0.29) is 11.8 Å². The van der Waals surface area contributed by atoms with Gasteiger partial charge in [0.25, 0.3) is 11.8 Å². The maximum atomic E-state index is 12.1. The Morgan fingerprint density at radius 1 is 0.696 bits per heavy atom. The van der Waals surface area contributed by atoms with E-state index in [0.717, 1.165) is 15.2 Å². The minimum Gasteiger partial charge on any atom is -0.267 e. The second-order valence-corrected chi connectivity index (χ2v) is 5.89. The van der Waals surface area contributed by atoms with Crippen LogP contribution in [-0.2, 0) is 0 Å². The third-order valence-electron chi connectivity index (χ3n) is 3.41. The first kappa shape index (κ1) is 15.2. The SMILES string of the molecule is O=C(NNC(=O)c1ccc2ccccc2c1)c1ccc(Br)cc1. The first-order valence-electron chi connectivity index (χ1n) is 6.98. The van der Waals surface area contributed by atoms with Gasteiger partial charge in [-0.3, -0.25) is 20.4 Å². The summed E-state index contributed by atoms with van der Waals surface area (Å²) in [6.07, 6.45) is 0. The summed E-state index contributed by atoms with van der Waals surface area (Å²) >= 11 is 3.31. The van der Waals surface area contributed by atoms with Crippen LogP contribution in [-0.4, -0.2) is 11.8 Å². The quantitative estimate of drug-likeness (QED) is 0.677. The summed E-state index contributed by atoms with van der Waals surface area (Å²) in [6, 6.07) is 20.0. The highest BCUT2D eigenvalue weighted by Crippen LogP contribution is 2.15. The van der Waals surface area contributed by atoms with Crippen molar-refractivity contribution < 1.29 is 9.59 Å². The van der Waals surface area contributed by atoms with Gasteiger partial charge in [0.05, 0.1) is 0 Å². The Hall–Kier alpha value is -2.66. The number of hydrogen-bond acceptors (Lipinski definition) is 2. The van der Waals surface area contributed by atoms with Gasteiger partial charge in [-0.1, -0.05) is 46.3 Å². The lowest BCUT2D eigenvalue weighted by atomic mass is 10.1. The van der Waals surface area contributed by atoms with Gasteiger partial charge < -0.3 is 0 Å². The lowest BCUT2D eigenvalue weighted by Gasteiger charge is -2.08. The predicted molar refractivity (Wildman–Crippen MR) is 93.0 cm³/mol. The molecule has 3 aromatic carbocycles. The minimum atomic E-state index is -0.369. The molecule has 0 aliphatic rings. The van der Waals surface area contributed by atoms with Crippen LogP contribution in [0.1, 0.15) is 20.7 Å². The Morgan fingerprint density at radius 2 is 1.26 bits per heavy atom. The average Bonchev–Trinajstić information content (AvgIpc) is 2.59. The second kappa shape index (κ2) is 6.62. The Morgan fingerprint density at radius 3 is 1.96 bits per heavy atom. The highest BCUT2D eigenvalue weighted by atomic mass is 79.9. The summed E-state index contributed by atoms with van der Waals surface area (Å²) in [5.74, 6) is -0.729. The molecular weight excluding hydrogens is 356 g/mol. The molecule has 0 bridgehead atoms. The van der Waals surface area contributed by atoms with Crippen LogP contribution in [0.5, 0.6) is 0 Å². The Balaban J connectivity index is 1.68. The topological polar surface area (TPSA) is 58.2 Å². The van der Waals surface area contributed by atoms with Crippen molar-refractivity contribution in [1.29, 1.82) is 0 Å². The van der Waals surface area contributed by atoms with Gasteiger partial charge in [-0.25, -0.2) is 0 Å². The van der Waals surface area contributed by atoms with Crippen molar-refractivity contribution in [2.45, 2.75) is 0 Å². The van der Waals surface area contributed by atoms with Gasteiger partial charge in [0, 0.05) is 15.6 Å². The molecule has 114 valence electrons. The zero-order valence-corrected chi connectivity index (χ0v) is 13.6. The normalized spacial score (nSPS) is 10.3. The molecule has 0 heterocycles. The molecule has 2 N–H and O–H groups in total. The number of carbonyl (C=O) groups is 2. The third-order valence-corrected chi connectivity index (χ3v) is 3.94. The molecule has 0 unspecified atom stereocenters. The summed E-state index contributed by atoms with van der Waals surface area (Å²) in [5.41, 5.74) is 5.79. The van der Waals surface area contributed by atoms with E-state index in [9.17, 15) is 9.59 Å². The van der Waals surface area contributed by atoms with Crippen LogP contribution in [0, 0.1) is 0 Å². The fourth-order valence-corrected chi connectivity index (χ4v) is 2.45. The fraction of sp³-hybridized carbons (Fsp3) is 0. The van der Waals surface area contributed by atoms with Gasteiger partial charge in [-0.15, -0.1) is 0 Å². The highest BCUT2D eigenvalue weighted by Gasteiger charge is 2.09. The molecule has 0 aliphatic heterocycles. The molecular formula is C18H13BrN2O2. The predicted octanol–water partition coefficient (Wildman–Crippen LogP) is 3.68. The van der Waals surface area contributed by atoms with Crippen molar-refractivity contribution in [3.05, 3.63) is 82.3 Å². The largest absolute Gasteiger partial charge is 0.269 e. The second-order valence-electron chi connectivity index (χ2n) is 4.98. The molecule has 4 nitrogen and oxygen atoms in total. The number of nitrogens with one attached hydrogen (secondary N) is 2. The van der Waals surface area contributed by atoms with E-state index in [0.29, 0.717) is 11.1 Å². The molecule has 0 saturated carbocycles. The number of benzene rings is 3. The third kappa shape index (κ3) is 3.57. The molecule has 0 spiro atoms.